The van der Waals surface area contributed by atoms with Gasteiger partial charge in [0, 0.05) is 18.7 Å². The molecular weight excluding hydrogens is 326 g/mol. The minimum atomic E-state index is -0.708. The number of rotatable bonds is 6. The summed E-state index contributed by atoms with van der Waals surface area (Å²) in [6, 6.07) is 3.85. The predicted octanol–water partition coefficient (Wildman–Crippen LogP) is 2.51. The summed E-state index contributed by atoms with van der Waals surface area (Å²) in [7, 11) is 0. The van der Waals surface area contributed by atoms with Crippen LogP contribution in [0, 0.1) is 10.1 Å². The van der Waals surface area contributed by atoms with Crippen molar-refractivity contribution in [3.05, 3.63) is 50.5 Å². The minimum Gasteiger partial charge on any atom is -0.408 e. The summed E-state index contributed by atoms with van der Waals surface area (Å²) >= 11 is 0. The smallest absolute Gasteiger partial charge is 0.408 e. The summed E-state index contributed by atoms with van der Waals surface area (Å²) in [6.45, 7) is 0.279. The number of nitrogens with one attached hydrogen (secondary N) is 1. The first-order chi connectivity index (χ1) is 12.0. The van der Waals surface area contributed by atoms with Crippen LogP contribution in [0.4, 0.5) is 5.69 Å². The number of carbonyl (C=O) groups excluding carboxylic acids is 1. The summed E-state index contributed by atoms with van der Waals surface area (Å²) in [5.74, 6) is -1.03. The molecule has 132 valence electrons. The highest BCUT2D eigenvalue weighted by atomic mass is 16.6. The molecule has 0 aliphatic heterocycles. The second-order valence-electron chi connectivity index (χ2n) is 6.07. The Bertz CT molecular complexity index is 893. The van der Waals surface area contributed by atoms with Gasteiger partial charge in [-0.15, -0.1) is 0 Å². The number of benzene rings is 1. The van der Waals surface area contributed by atoms with E-state index in [1.807, 2.05) is 0 Å². The van der Waals surface area contributed by atoms with Crippen molar-refractivity contribution in [2.24, 2.45) is 0 Å². The van der Waals surface area contributed by atoms with Crippen molar-refractivity contribution in [1.29, 1.82) is 0 Å². The molecule has 1 aromatic carbocycles. The van der Waals surface area contributed by atoms with Crippen LogP contribution in [-0.2, 0) is 11.3 Å². The monoisotopic (exact) mass is 345 g/mol. The molecule has 1 N–H and O–H groups in total. The molecule has 25 heavy (non-hydrogen) atoms. The van der Waals surface area contributed by atoms with Crippen molar-refractivity contribution in [3.8, 4) is 0 Å². The summed E-state index contributed by atoms with van der Waals surface area (Å²) in [5.41, 5.74) is 1.65. The third-order valence-electron chi connectivity index (χ3n) is 4.32. The lowest BCUT2D eigenvalue weighted by Gasteiger charge is -2.13. The van der Waals surface area contributed by atoms with Crippen molar-refractivity contribution < 1.29 is 14.1 Å². The van der Waals surface area contributed by atoms with Crippen LogP contribution in [0.5, 0.6) is 0 Å². The number of nitro groups is 1. The molecule has 3 rings (SSSR count). The number of carbonyl (C=O) groups is 1. The molecule has 8 heteroatoms. The number of fused-ring (bicyclic) bond motifs is 1. The molecule has 0 unspecified atom stereocenters. The molecular formula is C17H19N3O5. The summed E-state index contributed by atoms with van der Waals surface area (Å²) < 4.78 is 6.14. The predicted molar refractivity (Wildman–Crippen MR) is 91.3 cm³/mol. The minimum absolute atomic E-state index is 0.160. The molecule has 1 aliphatic rings. The fourth-order valence-corrected chi connectivity index (χ4v) is 3.01. The van der Waals surface area contributed by atoms with Crippen LogP contribution < -0.4 is 11.1 Å². The van der Waals surface area contributed by atoms with Crippen LogP contribution in [-0.4, -0.2) is 21.9 Å². The van der Waals surface area contributed by atoms with E-state index in [1.165, 1.54) is 36.6 Å². The zero-order valence-corrected chi connectivity index (χ0v) is 13.7. The number of nitro benzene ring substituents is 1. The largest absolute Gasteiger partial charge is 0.420 e. The van der Waals surface area contributed by atoms with Gasteiger partial charge in [0.25, 0.3) is 5.69 Å². The van der Waals surface area contributed by atoms with Crippen LogP contribution >= 0.6 is 0 Å². The van der Waals surface area contributed by atoms with Gasteiger partial charge in [-0.2, -0.15) is 0 Å². The van der Waals surface area contributed by atoms with E-state index < -0.39 is 10.7 Å². The van der Waals surface area contributed by atoms with Crippen molar-refractivity contribution in [2.45, 2.75) is 38.6 Å². The number of hydrogen-bond acceptors (Lipinski definition) is 5. The Morgan fingerprint density at radius 1 is 1.36 bits per heavy atom. The average molecular weight is 345 g/mol. The zero-order chi connectivity index (χ0) is 17.8. The zero-order valence-electron chi connectivity index (χ0n) is 13.7. The van der Waals surface area contributed by atoms with Crippen LogP contribution in [0.3, 0.4) is 0 Å². The van der Waals surface area contributed by atoms with Gasteiger partial charge in [0.15, 0.2) is 5.58 Å². The van der Waals surface area contributed by atoms with Gasteiger partial charge in [0.05, 0.1) is 10.4 Å². The highest BCUT2D eigenvalue weighted by Crippen LogP contribution is 2.20. The van der Waals surface area contributed by atoms with Gasteiger partial charge in [-0.05, 0) is 38.2 Å². The quantitative estimate of drug-likeness (QED) is 0.492. The Morgan fingerprint density at radius 3 is 2.92 bits per heavy atom. The standard InChI is InChI=1S/C17H19N3O5/c21-16(18-9-8-12-4-2-1-3-5-12)11-19-14-10-13(20(23)24)6-7-15(14)25-17(19)22/h4,6-7,10H,1-3,5,8-9,11H2,(H,18,21). The Balaban J connectivity index is 1.67. The number of amides is 1. The topological polar surface area (TPSA) is 107 Å². The van der Waals surface area contributed by atoms with Gasteiger partial charge < -0.3 is 9.73 Å². The van der Waals surface area contributed by atoms with Crippen LogP contribution in [0.2, 0.25) is 0 Å². The Kier molecular flexibility index (Phi) is 4.97. The van der Waals surface area contributed by atoms with Crippen LogP contribution in [0.1, 0.15) is 32.1 Å². The van der Waals surface area contributed by atoms with Gasteiger partial charge in [-0.3, -0.25) is 19.5 Å². The maximum Gasteiger partial charge on any atom is 0.420 e. The maximum absolute atomic E-state index is 12.1. The van der Waals surface area contributed by atoms with Gasteiger partial charge in [-0.1, -0.05) is 11.6 Å². The first-order valence-electron chi connectivity index (χ1n) is 8.27. The highest BCUT2D eigenvalue weighted by Gasteiger charge is 2.16. The molecule has 0 saturated carbocycles. The number of oxazole rings is 1. The van der Waals surface area contributed by atoms with Gasteiger partial charge >= 0.3 is 5.76 Å². The van der Waals surface area contributed by atoms with E-state index in [4.69, 9.17) is 4.42 Å². The second kappa shape index (κ2) is 7.33. The number of nitrogens with zero attached hydrogens (tertiary/aromatic N) is 2. The lowest BCUT2D eigenvalue weighted by molar-refractivity contribution is -0.384. The molecule has 0 atom stereocenters. The first kappa shape index (κ1) is 16.9. The lowest BCUT2D eigenvalue weighted by atomic mass is 9.97. The van der Waals surface area contributed by atoms with Crippen LogP contribution in [0.15, 0.2) is 39.1 Å². The van der Waals surface area contributed by atoms with E-state index in [9.17, 15) is 19.7 Å². The van der Waals surface area contributed by atoms with Gasteiger partial charge in [0.2, 0.25) is 5.91 Å². The number of aromatic nitrogens is 1. The lowest BCUT2D eigenvalue weighted by Crippen LogP contribution is -2.31. The number of hydrogen-bond donors (Lipinski definition) is 1. The summed E-state index contributed by atoms with van der Waals surface area (Å²) in [4.78, 5) is 34.3. The molecule has 1 aliphatic carbocycles. The molecule has 8 nitrogen and oxygen atoms in total. The SMILES string of the molecule is O=C(Cn1c(=O)oc2ccc([N+](=O)[O-])cc21)NCCC1=CCCCC1. The Hall–Kier alpha value is -2.90. The Morgan fingerprint density at radius 2 is 2.20 bits per heavy atom. The van der Waals surface area contributed by atoms with Crippen molar-refractivity contribution >= 4 is 22.7 Å². The average Bonchev–Trinajstić information content (AvgIpc) is 2.90. The molecule has 0 spiro atoms. The molecule has 0 saturated heterocycles. The molecule has 2 aromatic rings. The van der Waals surface area contributed by atoms with Crippen molar-refractivity contribution in [2.75, 3.05) is 6.54 Å². The van der Waals surface area contributed by atoms with E-state index >= 15 is 0 Å². The van der Waals surface area contributed by atoms with Gasteiger partial charge in [-0.25, -0.2) is 4.79 Å². The molecule has 0 fully saturated rings. The molecule has 1 heterocycles. The van der Waals surface area contributed by atoms with E-state index in [0.717, 1.165) is 23.8 Å². The summed E-state index contributed by atoms with van der Waals surface area (Å²) in [6.07, 6.45) is 7.61. The number of allylic oxidation sites excluding steroid dienone is 1. The van der Waals surface area contributed by atoms with E-state index in [2.05, 4.69) is 11.4 Å². The third kappa shape index (κ3) is 3.96. The van der Waals surface area contributed by atoms with E-state index in [0.29, 0.717) is 6.54 Å². The van der Waals surface area contributed by atoms with E-state index in [1.54, 1.807) is 0 Å². The molecule has 0 radical (unpaired) electrons. The van der Waals surface area contributed by atoms with Crippen molar-refractivity contribution in [3.63, 3.8) is 0 Å². The highest BCUT2D eigenvalue weighted by molar-refractivity contribution is 5.80. The Labute approximate surface area is 143 Å². The molecule has 1 aromatic heterocycles. The van der Waals surface area contributed by atoms with E-state index in [-0.39, 0.29) is 29.2 Å². The fourth-order valence-electron chi connectivity index (χ4n) is 3.01. The van der Waals surface area contributed by atoms with Gasteiger partial charge in [0.1, 0.15) is 6.54 Å². The van der Waals surface area contributed by atoms with Crippen LogP contribution in [0.25, 0.3) is 11.1 Å². The number of non-ortho nitro benzene ring substituents is 1. The summed E-state index contributed by atoms with van der Waals surface area (Å²) in [5, 5.41) is 13.7. The fraction of sp³-hybridized carbons (Fsp3) is 0.412. The normalized spacial score (nSPS) is 14.3. The van der Waals surface area contributed by atoms with Crippen molar-refractivity contribution in [1.82, 2.24) is 9.88 Å². The second-order valence-corrected chi connectivity index (χ2v) is 6.07. The molecule has 1 amide bonds. The first-order valence-corrected chi connectivity index (χ1v) is 8.27. The molecule has 0 bridgehead atoms. The third-order valence-corrected chi connectivity index (χ3v) is 4.32. The maximum atomic E-state index is 12.1.